The Morgan fingerprint density at radius 2 is 2.10 bits per heavy atom. The Labute approximate surface area is 57.7 Å². The number of aromatic hydroxyl groups is 2. The molecule has 0 aliphatic heterocycles. The number of rotatable bonds is 1. The predicted molar refractivity (Wildman–Crippen MR) is 34.1 cm³/mol. The van der Waals surface area contributed by atoms with Crippen LogP contribution in [0.25, 0.3) is 0 Å². The Kier molecular flexibility index (Phi) is 1.62. The molecular formula is C6H7NO3. The average molecular weight is 141 g/mol. The molecule has 1 rings (SSSR count). The van der Waals surface area contributed by atoms with Gasteiger partial charge in [-0.05, 0) is 6.07 Å². The molecule has 0 atom stereocenters. The molecule has 54 valence electrons. The molecule has 0 aliphatic rings. The van der Waals surface area contributed by atoms with Gasteiger partial charge in [0.25, 0.3) is 5.88 Å². The molecule has 4 heteroatoms. The summed E-state index contributed by atoms with van der Waals surface area (Å²) in [5.74, 6) is -0.393. The van der Waals surface area contributed by atoms with Gasteiger partial charge < -0.3 is 14.9 Å². The van der Waals surface area contributed by atoms with Crippen LogP contribution in [0.1, 0.15) is 0 Å². The van der Waals surface area contributed by atoms with Gasteiger partial charge in [0.15, 0.2) is 5.75 Å². The first-order chi connectivity index (χ1) is 4.74. The van der Waals surface area contributed by atoms with Crippen LogP contribution in [0.3, 0.4) is 0 Å². The van der Waals surface area contributed by atoms with Gasteiger partial charge in [0.2, 0.25) is 5.88 Å². The normalized spacial score (nSPS) is 9.30. The van der Waals surface area contributed by atoms with Gasteiger partial charge in [-0.3, -0.25) is 0 Å². The van der Waals surface area contributed by atoms with E-state index in [2.05, 4.69) is 9.72 Å². The highest BCUT2D eigenvalue weighted by atomic mass is 16.5. The number of hydrogen-bond acceptors (Lipinski definition) is 4. The van der Waals surface area contributed by atoms with Crippen LogP contribution in [-0.2, 0) is 0 Å². The molecule has 0 saturated heterocycles. The minimum atomic E-state index is -0.417. The first-order valence-corrected chi connectivity index (χ1v) is 2.67. The Balaban J connectivity index is 3.04. The summed E-state index contributed by atoms with van der Waals surface area (Å²) in [4.78, 5) is 3.47. The second kappa shape index (κ2) is 2.43. The molecule has 2 N–H and O–H groups in total. The van der Waals surface area contributed by atoms with Gasteiger partial charge >= 0.3 is 0 Å². The van der Waals surface area contributed by atoms with Gasteiger partial charge in [0, 0.05) is 6.07 Å². The smallest absolute Gasteiger partial charge is 0.257 e. The standard InChI is InChI=1S/C6H7NO3/c1-10-5-3-2-4(8)6(9)7-5/h2-3,8H,1H3,(H,7,9). The quantitative estimate of drug-likeness (QED) is 0.597. The third-order valence-electron chi connectivity index (χ3n) is 1.04. The summed E-state index contributed by atoms with van der Waals surface area (Å²) in [6.45, 7) is 0. The zero-order chi connectivity index (χ0) is 7.56. The molecule has 10 heavy (non-hydrogen) atoms. The molecule has 0 aliphatic carbocycles. The van der Waals surface area contributed by atoms with Gasteiger partial charge in [-0.15, -0.1) is 0 Å². The lowest BCUT2D eigenvalue weighted by molar-refractivity contribution is 0.358. The second-order valence-corrected chi connectivity index (χ2v) is 1.70. The molecule has 0 radical (unpaired) electrons. The van der Waals surface area contributed by atoms with Crippen molar-refractivity contribution in [3.05, 3.63) is 12.1 Å². The monoisotopic (exact) mass is 141 g/mol. The molecule has 1 aromatic heterocycles. The molecule has 0 spiro atoms. The van der Waals surface area contributed by atoms with Crippen molar-refractivity contribution in [1.29, 1.82) is 0 Å². The molecule has 0 bridgehead atoms. The number of pyridine rings is 1. The fraction of sp³-hybridized carbons (Fsp3) is 0.167. The largest absolute Gasteiger partial charge is 0.503 e. The van der Waals surface area contributed by atoms with Crippen molar-refractivity contribution in [3.8, 4) is 17.5 Å². The Morgan fingerprint density at radius 1 is 1.40 bits per heavy atom. The van der Waals surface area contributed by atoms with E-state index in [1.54, 1.807) is 0 Å². The molecule has 1 heterocycles. The Bertz CT molecular complexity index is 236. The first-order valence-electron chi connectivity index (χ1n) is 2.67. The van der Waals surface area contributed by atoms with E-state index in [9.17, 15) is 0 Å². The zero-order valence-electron chi connectivity index (χ0n) is 5.40. The minimum Gasteiger partial charge on any atom is -0.503 e. The van der Waals surface area contributed by atoms with Crippen molar-refractivity contribution in [2.24, 2.45) is 0 Å². The highest BCUT2D eigenvalue weighted by molar-refractivity contribution is 5.33. The van der Waals surface area contributed by atoms with Crippen LogP contribution in [0.5, 0.6) is 17.5 Å². The van der Waals surface area contributed by atoms with Gasteiger partial charge in [0.1, 0.15) is 0 Å². The summed E-state index contributed by atoms with van der Waals surface area (Å²) in [6, 6.07) is 2.76. The van der Waals surface area contributed by atoms with Crippen molar-refractivity contribution in [3.63, 3.8) is 0 Å². The molecule has 4 nitrogen and oxygen atoms in total. The number of nitrogens with zero attached hydrogens (tertiary/aromatic N) is 1. The van der Waals surface area contributed by atoms with Crippen molar-refractivity contribution < 1.29 is 14.9 Å². The first kappa shape index (κ1) is 6.67. The summed E-state index contributed by atoms with van der Waals surface area (Å²) >= 11 is 0. The lowest BCUT2D eigenvalue weighted by Crippen LogP contribution is -1.85. The topological polar surface area (TPSA) is 62.6 Å². The average Bonchev–Trinajstić information content (AvgIpc) is 1.95. The van der Waals surface area contributed by atoms with Crippen LogP contribution in [0.4, 0.5) is 0 Å². The molecule has 0 amide bonds. The maximum absolute atomic E-state index is 8.79. The van der Waals surface area contributed by atoms with E-state index in [0.717, 1.165) is 0 Å². The lowest BCUT2D eigenvalue weighted by atomic mass is 10.4. The molecule has 0 unspecified atom stereocenters. The van der Waals surface area contributed by atoms with Crippen LogP contribution < -0.4 is 4.74 Å². The van der Waals surface area contributed by atoms with Crippen molar-refractivity contribution in [2.75, 3.05) is 7.11 Å². The SMILES string of the molecule is COc1ccc(O)c(O)n1. The van der Waals surface area contributed by atoms with Crippen molar-refractivity contribution in [1.82, 2.24) is 4.98 Å². The van der Waals surface area contributed by atoms with E-state index < -0.39 is 5.88 Å². The molecule has 0 fully saturated rings. The van der Waals surface area contributed by atoms with E-state index >= 15 is 0 Å². The molecule has 0 aromatic carbocycles. The van der Waals surface area contributed by atoms with Gasteiger partial charge in [-0.2, -0.15) is 4.98 Å². The number of aromatic nitrogens is 1. The van der Waals surface area contributed by atoms with Crippen LogP contribution in [0.2, 0.25) is 0 Å². The number of methoxy groups -OCH3 is 1. The van der Waals surface area contributed by atoms with Gasteiger partial charge in [-0.1, -0.05) is 0 Å². The molecule has 1 aromatic rings. The highest BCUT2D eigenvalue weighted by Gasteiger charge is 2.00. The minimum absolute atomic E-state index is 0.249. The highest BCUT2D eigenvalue weighted by Crippen LogP contribution is 2.23. The Hall–Kier alpha value is -1.45. The van der Waals surface area contributed by atoms with E-state index in [1.807, 2.05) is 0 Å². The Morgan fingerprint density at radius 3 is 2.60 bits per heavy atom. The molecular weight excluding hydrogens is 134 g/mol. The van der Waals surface area contributed by atoms with Crippen molar-refractivity contribution in [2.45, 2.75) is 0 Å². The fourth-order valence-corrected chi connectivity index (χ4v) is 0.537. The van der Waals surface area contributed by atoms with Crippen LogP contribution in [-0.4, -0.2) is 22.3 Å². The maximum Gasteiger partial charge on any atom is 0.257 e. The van der Waals surface area contributed by atoms with E-state index in [4.69, 9.17) is 10.2 Å². The zero-order valence-corrected chi connectivity index (χ0v) is 5.40. The van der Waals surface area contributed by atoms with Gasteiger partial charge in [0.05, 0.1) is 7.11 Å². The van der Waals surface area contributed by atoms with Crippen molar-refractivity contribution >= 4 is 0 Å². The van der Waals surface area contributed by atoms with Crippen LogP contribution in [0, 0.1) is 0 Å². The van der Waals surface area contributed by atoms with E-state index in [0.29, 0.717) is 0 Å². The summed E-state index contributed by atoms with van der Waals surface area (Å²) in [5.41, 5.74) is 0. The maximum atomic E-state index is 8.79. The summed E-state index contributed by atoms with van der Waals surface area (Å²) in [5, 5.41) is 17.6. The second-order valence-electron chi connectivity index (χ2n) is 1.70. The lowest BCUT2D eigenvalue weighted by Gasteiger charge is -1.98. The van der Waals surface area contributed by atoms with Gasteiger partial charge in [-0.25, -0.2) is 0 Å². The van der Waals surface area contributed by atoms with Crippen LogP contribution >= 0.6 is 0 Å². The summed E-state index contributed by atoms with van der Waals surface area (Å²) in [7, 11) is 1.43. The number of hydrogen-bond donors (Lipinski definition) is 2. The van der Waals surface area contributed by atoms with Crippen LogP contribution in [0.15, 0.2) is 12.1 Å². The predicted octanol–water partition coefficient (Wildman–Crippen LogP) is 0.501. The molecule has 0 saturated carbocycles. The third kappa shape index (κ3) is 1.10. The third-order valence-corrected chi connectivity index (χ3v) is 1.04. The summed E-state index contributed by atoms with van der Waals surface area (Å²) < 4.78 is 4.67. The number of ether oxygens (including phenoxy) is 1. The fourth-order valence-electron chi connectivity index (χ4n) is 0.537. The summed E-state index contributed by atoms with van der Waals surface area (Å²) in [6.07, 6.45) is 0. The van der Waals surface area contributed by atoms with E-state index in [-0.39, 0.29) is 11.6 Å². The van der Waals surface area contributed by atoms with E-state index in [1.165, 1.54) is 19.2 Å².